The molecule has 0 saturated heterocycles. The van der Waals surface area contributed by atoms with Crippen molar-refractivity contribution >= 4 is 32.5 Å². The average molecular weight is 395 g/mol. The SMILES string of the molecule is N#CC1=C(N)n2c(=O)c3ccccc3c(=O)n2C1c1ccccc1Br. The van der Waals surface area contributed by atoms with Gasteiger partial charge in [-0.15, -0.1) is 0 Å². The van der Waals surface area contributed by atoms with Gasteiger partial charge in [-0.05, 0) is 23.8 Å². The minimum atomic E-state index is -0.759. The Morgan fingerprint density at radius 1 is 1.00 bits per heavy atom. The molecular formula is C18H11BrN4O2. The number of aromatic nitrogens is 2. The third-order valence-corrected chi connectivity index (χ3v) is 5.07. The van der Waals surface area contributed by atoms with Crippen LogP contribution in [0.5, 0.6) is 0 Å². The third kappa shape index (κ3) is 2.01. The second-order valence-corrected chi connectivity index (χ2v) is 6.50. The summed E-state index contributed by atoms with van der Waals surface area (Å²) in [5, 5.41) is 10.2. The Labute approximate surface area is 150 Å². The lowest BCUT2D eigenvalue weighted by Crippen LogP contribution is -2.38. The Morgan fingerprint density at radius 3 is 2.24 bits per heavy atom. The molecule has 1 unspecified atom stereocenters. The summed E-state index contributed by atoms with van der Waals surface area (Å²) in [7, 11) is 0. The Kier molecular flexibility index (Phi) is 3.37. The van der Waals surface area contributed by atoms with Gasteiger partial charge >= 0.3 is 0 Å². The molecule has 1 atom stereocenters. The molecule has 2 N–H and O–H groups in total. The monoisotopic (exact) mass is 394 g/mol. The number of rotatable bonds is 1. The van der Waals surface area contributed by atoms with Crippen LogP contribution in [0.3, 0.4) is 0 Å². The first-order valence-corrected chi connectivity index (χ1v) is 8.26. The van der Waals surface area contributed by atoms with E-state index in [4.69, 9.17) is 5.73 Å². The number of benzene rings is 2. The molecule has 2 aromatic carbocycles. The average Bonchev–Trinajstić information content (AvgIpc) is 2.92. The zero-order valence-electron chi connectivity index (χ0n) is 12.8. The van der Waals surface area contributed by atoms with Crippen LogP contribution in [0, 0.1) is 11.3 Å². The van der Waals surface area contributed by atoms with Crippen molar-refractivity contribution in [3.63, 3.8) is 0 Å². The largest absolute Gasteiger partial charge is 0.383 e. The molecule has 0 amide bonds. The Morgan fingerprint density at radius 2 is 1.60 bits per heavy atom. The van der Waals surface area contributed by atoms with E-state index in [0.29, 0.717) is 10.9 Å². The van der Waals surface area contributed by atoms with Gasteiger partial charge in [-0.25, -0.2) is 4.68 Å². The highest BCUT2D eigenvalue weighted by molar-refractivity contribution is 9.10. The number of nitriles is 1. The van der Waals surface area contributed by atoms with Crippen LogP contribution in [-0.2, 0) is 0 Å². The number of hydrogen-bond acceptors (Lipinski definition) is 4. The zero-order valence-corrected chi connectivity index (χ0v) is 14.4. The van der Waals surface area contributed by atoms with Crippen LogP contribution in [-0.4, -0.2) is 9.36 Å². The molecule has 0 aliphatic carbocycles. The van der Waals surface area contributed by atoms with Crippen LogP contribution in [0.25, 0.3) is 16.6 Å². The van der Waals surface area contributed by atoms with E-state index >= 15 is 0 Å². The fourth-order valence-electron chi connectivity index (χ4n) is 3.22. The molecular weight excluding hydrogens is 384 g/mol. The minimum absolute atomic E-state index is 0.0175. The molecule has 122 valence electrons. The number of nitrogens with zero attached hydrogens (tertiary/aromatic N) is 3. The van der Waals surface area contributed by atoms with Crippen molar-refractivity contribution in [2.24, 2.45) is 5.73 Å². The van der Waals surface area contributed by atoms with E-state index in [1.165, 1.54) is 4.68 Å². The standard InChI is InChI=1S/C18H11BrN4O2/c19-14-8-4-3-7-12(14)15-13(9-20)16(21)23-18(25)11-6-2-1-5-10(11)17(24)22(15)23/h1-8,15H,21H2. The summed E-state index contributed by atoms with van der Waals surface area (Å²) in [6.45, 7) is 0. The summed E-state index contributed by atoms with van der Waals surface area (Å²) in [5.74, 6) is -0.0175. The van der Waals surface area contributed by atoms with Gasteiger partial charge in [0.05, 0.1) is 10.8 Å². The van der Waals surface area contributed by atoms with Gasteiger partial charge < -0.3 is 5.73 Å². The van der Waals surface area contributed by atoms with Crippen molar-refractivity contribution < 1.29 is 0 Å². The summed E-state index contributed by atoms with van der Waals surface area (Å²) in [5.41, 5.74) is 6.15. The number of fused-ring (bicyclic) bond motifs is 2. The van der Waals surface area contributed by atoms with Gasteiger partial charge in [0.25, 0.3) is 11.1 Å². The third-order valence-electron chi connectivity index (χ3n) is 4.35. The number of hydrogen-bond donors (Lipinski definition) is 1. The van der Waals surface area contributed by atoms with Crippen LogP contribution >= 0.6 is 15.9 Å². The molecule has 1 aromatic heterocycles. The fraction of sp³-hybridized carbons (Fsp3) is 0.0556. The second-order valence-electron chi connectivity index (χ2n) is 5.65. The van der Waals surface area contributed by atoms with E-state index in [-0.39, 0.29) is 22.3 Å². The Balaban J connectivity index is 2.20. The molecule has 3 aromatic rings. The van der Waals surface area contributed by atoms with Crippen LogP contribution in [0.15, 0.2) is 68.2 Å². The Bertz CT molecular complexity index is 1230. The van der Waals surface area contributed by atoms with Gasteiger partial charge in [-0.3, -0.25) is 9.59 Å². The summed E-state index contributed by atoms with van der Waals surface area (Å²) < 4.78 is 3.09. The second kappa shape index (κ2) is 5.46. The fourth-order valence-corrected chi connectivity index (χ4v) is 3.72. The number of halogens is 1. The van der Waals surface area contributed by atoms with E-state index < -0.39 is 11.6 Å². The molecule has 0 radical (unpaired) electrons. The first kappa shape index (κ1) is 15.4. The summed E-state index contributed by atoms with van der Waals surface area (Å²) in [4.78, 5) is 25.9. The lowest BCUT2D eigenvalue weighted by atomic mass is 10.0. The normalized spacial score (nSPS) is 16.1. The number of nitrogens with two attached hydrogens (primary N) is 1. The zero-order chi connectivity index (χ0) is 17.7. The molecule has 0 saturated carbocycles. The van der Waals surface area contributed by atoms with Crippen molar-refractivity contribution in [2.45, 2.75) is 6.04 Å². The van der Waals surface area contributed by atoms with Crippen LogP contribution in [0.1, 0.15) is 11.6 Å². The van der Waals surface area contributed by atoms with Gasteiger partial charge in [-0.2, -0.15) is 9.94 Å². The van der Waals surface area contributed by atoms with Gasteiger partial charge in [0.15, 0.2) is 0 Å². The first-order valence-electron chi connectivity index (χ1n) is 7.47. The predicted molar refractivity (Wildman–Crippen MR) is 97.8 cm³/mol. The topological polar surface area (TPSA) is 93.8 Å². The van der Waals surface area contributed by atoms with Crippen LogP contribution < -0.4 is 16.9 Å². The summed E-state index contributed by atoms with van der Waals surface area (Å²) >= 11 is 3.45. The van der Waals surface area contributed by atoms with Gasteiger partial charge in [0, 0.05) is 4.47 Å². The molecule has 2 heterocycles. The highest BCUT2D eigenvalue weighted by Gasteiger charge is 2.35. The molecule has 0 fully saturated rings. The van der Waals surface area contributed by atoms with E-state index in [1.807, 2.05) is 12.1 Å². The molecule has 4 rings (SSSR count). The van der Waals surface area contributed by atoms with Crippen LogP contribution in [0.2, 0.25) is 0 Å². The van der Waals surface area contributed by atoms with Gasteiger partial charge in [-0.1, -0.05) is 46.3 Å². The summed E-state index contributed by atoms with van der Waals surface area (Å²) in [6, 6.07) is 15.1. The number of allylic oxidation sites excluding steroid dienone is 1. The van der Waals surface area contributed by atoms with Crippen molar-refractivity contribution in [3.8, 4) is 6.07 Å². The predicted octanol–water partition coefficient (Wildman–Crippen LogP) is 2.18. The molecule has 1 aliphatic heterocycles. The van der Waals surface area contributed by atoms with Crippen LogP contribution in [0.4, 0.5) is 0 Å². The van der Waals surface area contributed by atoms with Crippen molar-refractivity contribution in [2.75, 3.05) is 0 Å². The maximum atomic E-state index is 13.1. The van der Waals surface area contributed by atoms with Crippen molar-refractivity contribution in [3.05, 3.63) is 84.8 Å². The molecule has 0 spiro atoms. The molecule has 25 heavy (non-hydrogen) atoms. The maximum absolute atomic E-state index is 13.1. The van der Waals surface area contributed by atoms with Gasteiger partial charge in [0.2, 0.25) is 0 Å². The summed E-state index contributed by atoms with van der Waals surface area (Å²) in [6.07, 6.45) is 0. The Hall–Kier alpha value is -3.11. The van der Waals surface area contributed by atoms with E-state index in [1.54, 1.807) is 36.4 Å². The van der Waals surface area contributed by atoms with E-state index in [9.17, 15) is 14.9 Å². The molecule has 0 bridgehead atoms. The van der Waals surface area contributed by atoms with Crippen molar-refractivity contribution in [1.29, 1.82) is 5.26 Å². The smallest absolute Gasteiger partial charge is 0.279 e. The van der Waals surface area contributed by atoms with E-state index in [2.05, 4.69) is 22.0 Å². The molecule has 1 aliphatic rings. The maximum Gasteiger partial charge on any atom is 0.279 e. The lowest BCUT2D eigenvalue weighted by molar-refractivity contribution is 0.538. The quantitative estimate of drug-likeness (QED) is 0.684. The molecule has 7 heteroatoms. The van der Waals surface area contributed by atoms with Crippen molar-refractivity contribution in [1.82, 2.24) is 9.36 Å². The highest BCUT2D eigenvalue weighted by atomic mass is 79.9. The first-order chi connectivity index (χ1) is 12.1. The minimum Gasteiger partial charge on any atom is -0.383 e. The highest BCUT2D eigenvalue weighted by Crippen LogP contribution is 2.35. The molecule has 6 nitrogen and oxygen atoms in total. The van der Waals surface area contributed by atoms with Gasteiger partial charge in [0.1, 0.15) is 23.5 Å². The lowest BCUT2D eigenvalue weighted by Gasteiger charge is -2.17. The van der Waals surface area contributed by atoms with E-state index in [0.717, 1.165) is 9.15 Å².